The summed E-state index contributed by atoms with van der Waals surface area (Å²) in [5.74, 6) is 0.547. The van der Waals surface area contributed by atoms with Gasteiger partial charge in [-0.05, 0) is 70.1 Å². The SMILES string of the molecule is CCC(CC)C(=O)/C=C(\O)C(CC)CC.[CH2-]c1cc2c3ccccc3n3c4c5ccccc5ccc4c(c1-c1ccc4ccccc4[n+]1[CH2-])c23.[Ir]. The average Bonchev–Trinajstić information content (AvgIpc) is 3.65. The summed E-state index contributed by atoms with van der Waals surface area (Å²) in [5.41, 5.74) is 8.09. The number of para-hydroxylation sites is 2. The molecule has 3 aromatic heterocycles. The van der Waals surface area contributed by atoms with Gasteiger partial charge in [0.15, 0.2) is 5.78 Å². The summed E-state index contributed by atoms with van der Waals surface area (Å²) < 4.78 is 4.53. The molecule has 0 fully saturated rings. The Hall–Kier alpha value is -4.83. The topological polar surface area (TPSA) is 45.6 Å². The number of carbonyl (C=O) groups excluding carboxylic acids is 1. The number of rotatable bonds is 8. The first-order valence-electron chi connectivity index (χ1n) is 18.0. The fourth-order valence-electron chi connectivity index (χ4n) is 7.93. The Morgan fingerprint density at radius 3 is 2.04 bits per heavy atom. The molecule has 51 heavy (non-hydrogen) atoms. The zero-order chi connectivity index (χ0) is 35.1. The number of hydrogen-bond donors (Lipinski definition) is 1. The summed E-state index contributed by atoms with van der Waals surface area (Å²) in [7, 11) is 4.47. The maximum absolute atomic E-state index is 11.7. The molecule has 1 N–H and O–H groups in total. The van der Waals surface area contributed by atoms with E-state index in [4.69, 9.17) is 0 Å². The van der Waals surface area contributed by atoms with Crippen LogP contribution in [0.2, 0.25) is 0 Å². The van der Waals surface area contributed by atoms with Crippen LogP contribution in [-0.4, -0.2) is 15.3 Å². The van der Waals surface area contributed by atoms with Gasteiger partial charge in [-0.1, -0.05) is 113 Å². The van der Waals surface area contributed by atoms with Gasteiger partial charge in [0, 0.05) is 56.0 Å². The number of aliphatic hydroxyl groups excluding tert-OH is 1. The van der Waals surface area contributed by atoms with E-state index in [-0.39, 0.29) is 43.5 Å². The van der Waals surface area contributed by atoms with Gasteiger partial charge in [-0.25, -0.2) is 0 Å². The number of hydrogen-bond acceptors (Lipinski definition) is 2. The second-order valence-electron chi connectivity index (χ2n) is 13.4. The van der Waals surface area contributed by atoms with Gasteiger partial charge < -0.3 is 14.1 Å². The molecule has 4 nitrogen and oxygen atoms in total. The minimum atomic E-state index is 0. The van der Waals surface area contributed by atoms with Crippen molar-refractivity contribution in [3.63, 3.8) is 0 Å². The molecule has 8 aromatic rings. The molecule has 5 aromatic carbocycles. The van der Waals surface area contributed by atoms with Crippen LogP contribution >= 0.6 is 0 Å². The van der Waals surface area contributed by atoms with E-state index in [0.717, 1.165) is 48.0 Å². The van der Waals surface area contributed by atoms with Gasteiger partial charge >= 0.3 is 0 Å². The molecule has 0 atom stereocenters. The number of carbonyl (C=O) groups is 1. The van der Waals surface area contributed by atoms with E-state index in [1.54, 1.807) is 0 Å². The summed E-state index contributed by atoms with van der Waals surface area (Å²) in [6.07, 6.45) is 4.91. The fraction of sp³-hybridized carbons (Fsp3) is 0.217. The number of allylic oxidation sites excluding steroid dienone is 2. The monoisotopic (exact) mass is 850 g/mol. The second kappa shape index (κ2) is 14.8. The zero-order valence-corrected chi connectivity index (χ0v) is 32.3. The minimum absolute atomic E-state index is 0. The Kier molecular flexibility index (Phi) is 10.4. The molecule has 0 saturated heterocycles. The van der Waals surface area contributed by atoms with E-state index >= 15 is 0 Å². The Balaban J connectivity index is 0.000000241. The van der Waals surface area contributed by atoms with Crippen molar-refractivity contribution in [3.8, 4) is 11.3 Å². The van der Waals surface area contributed by atoms with Crippen LogP contribution < -0.4 is 4.57 Å². The molecule has 5 heteroatoms. The third-order valence-electron chi connectivity index (χ3n) is 10.7. The number of pyridine rings is 1. The summed E-state index contributed by atoms with van der Waals surface area (Å²) in [4.78, 5) is 11.7. The molecule has 0 aliphatic carbocycles. The van der Waals surface area contributed by atoms with Gasteiger partial charge in [-0.15, -0.1) is 5.56 Å². The normalized spacial score (nSPS) is 12.1. The maximum Gasteiger partial charge on any atom is 0.162 e. The number of ketones is 1. The van der Waals surface area contributed by atoms with Crippen molar-refractivity contribution in [2.75, 3.05) is 0 Å². The summed E-state index contributed by atoms with van der Waals surface area (Å²) in [6, 6.07) is 37.0. The predicted octanol–water partition coefficient (Wildman–Crippen LogP) is 11.8. The maximum atomic E-state index is 11.7. The Labute approximate surface area is 314 Å². The Morgan fingerprint density at radius 1 is 0.725 bits per heavy atom. The first-order chi connectivity index (χ1) is 24.3. The van der Waals surface area contributed by atoms with Crippen LogP contribution in [0, 0.1) is 25.8 Å². The van der Waals surface area contributed by atoms with E-state index in [9.17, 15) is 9.90 Å². The third kappa shape index (κ3) is 6.03. The van der Waals surface area contributed by atoms with Gasteiger partial charge in [0.25, 0.3) is 0 Å². The average molecular weight is 850 g/mol. The van der Waals surface area contributed by atoms with E-state index in [1.165, 1.54) is 60.3 Å². The molecule has 0 aliphatic heterocycles. The van der Waals surface area contributed by atoms with Crippen LogP contribution in [0.5, 0.6) is 0 Å². The molecule has 0 spiro atoms. The number of nitrogens with zero attached hydrogens (tertiary/aromatic N) is 2. The molecular weight excluding hydrogens is 805 g/mol. The quantitative estimate of drug-likeness (QED) is 0.0716. The molecule has 8 rings (SSSR count). The molecule has 0 aliphatic rings. The van der Waals surface area contributed by atoms with Crippen molar-refractivity contribution in [2.45, 2.75) is 53.4 Å². The summed E-state index contributed by atoms with van der Waals surface area (Å²) >= 11 is 0. The predicted molar refractivity (Wildman–Crippen MR) is 211 cm³/mol. The van der Waals surface area contributed by atoms with Crippen molar-refractivity contribution < 1.29 is 34.6 Å². The Morgan fingerprint density at radius 2 is 1.33 bits per heavy atom. The van der Waals surface area contributed by atoms with Gasteiger partial charge in [0.1, 0.15) is 5.52 Å². The van der Waals surface area contributed by atoms with E-state index in [1.807, 2.05) is 27.7 Å². The molecule has 1 radical (unpaired) electrons. The number of benzene rings is 5. The van der Waals surface area contributed by atoms with Gasteiger partial charge in [-0.3, -0.25) is 4.79 Å². The molecule has 261 valence electrons. The molecule has 0 amide bonds. The number of aromatic nitrogens is 2. The van der Waals surface area contributed by atoms with E-state index < -0.39 is 0 Å². The van der Waals surface area contributed by atoms with Crippen molar-refractivity contribution >= 4 is 65.6 Å². The largest absolute Gasteiger partial charge is 0.512 e. The van der Waals surface area contributed by atoms with Crippen molar-refractivity contribution in [3.05, 3.63) is 134 Å². The smallest absolute Gasteiger partial charge is 0.162 e. The fourth-order valence-corrected chi connectivity index (χ4v) is 7.93. The van der Waals surface area contributed by atoms with Gasteiger partial charge in [0.2, 0.25) is 0 Å². The molecule has 0 bridgehead atoms. The van der Waals surface area contributed by atoms with Crippen LogP contribution in [-0.2, 0) is 24.9 Å². The molecular formula is C46H45IrN2O2-. The van der Waals surface area contributed by atoms with Gasteiger partial charge in [-0.2, -0.15) is 18.6 Å². The van der Waals surface area contributed by atoms with Crippen molar-refractivity contribution in [1.29, 1.82) is 0 Å². The van der Waals surface area contributed by atoms with E-state index in [2.05, 4.69) is 126 Å². The zero-order valence-electron chi connectivity index (χ0n) is 29.9. The number of fused-ring (bicyclic) bond motifs is 9. The van der Waals surface area contributed by atoms with Crippen LogP contribution in [0.25, 0.3) is 71.0 Å². The van der Waals surface area contributed by atoms with Crippen LogP contribution in [0.3, 0.4) is 0 Å². The first-order valence-corrected chi connectivity index (χ1v) is 18.0. The van der Waals surface area contributed by atoms with Crippen LogP contribution in [0.15, 0.2) is 115 Å². The van der Waals surface area contributed by atoms with Gasteiger partial charge in [0.05, 0.1) is 22.5 Å². The van der Waals surface area contributed by atoms with Crippen molar-refractivity contribution in [2.24, 2.45) is 11.8 Å². The molecule has 0 unspecified atom stereocenters. The third-order valence-corrected chi connectivity index (χ3v) is 10.7. The van der Waals surface area contributed by atoms with Crippen LogP contribution in [0.4, 0.5) is 0 Å². The molecule has 3 heterocycles. The van der Waals surface area contributed by atoms with E-state index in [0.29, 0.717) is 0 Å². The van der Waals surface area contributed by atoms with Crippen molar-refractivity contribution in [1.82, 2.24) is 4.40 Å². The summed E-state index contributed by atoms with van der Waals surface area (Å²) in [5, 5.41) is 18.5. The first kappa shape index (κ1) is 36.0. The standard InChI is InChI=1S/C33H21N2.C13H24O2.Ir/c1-20-19-26-24-12-6-8-14-28(24)35-32-23-11-5-3-9-21(23)15-17-25(32)31(33(26)35)30(20)29-18-16-22-10-4-7-13-27(22)34(29)2;1-5-10(6-2)12(14)9-13(15)11(7-3)8-4;/h3-19H,1-2H2;9-11,14H,5-8H2,1-4H3;/q-1;;/b;12-9-;. The van der Waals surface area contributed by atoms with Crippen LogP contribution in [0.1, 0.15) is 58.9 Å². The summed E-state index contributed by atoms with van der Waals surface area (Å²) in [6.45, 7) is 12.6. The minimum Gasteiger partial charge on any atom is -0.512 e. The Bertz CT molecular complexity index is 2550. The second-order valence-corrected chi connectivity index (χ2v) is 13.4. The number of aliphatic hydroxyl groups is 1. The molecule has 0 saturated carbocycles.